The lowest BCUT2D eigenvalue weighted by atomic mass is 9.94. The fraction of sp³-hybridized carbons (Fsp3) is 0.273. The molecule has 30 heavy (non-hydrogen) atoms. The zero-order valence-electron chi connectivity index (χ0n) is 16.0. The van der Waals surface area contributed by atoms with Crippen LogP contribution in [0.4, 0.5) is 5.69 Å². The lowest BCUT2D eigenvalue weighted by molar-refractivity contribution is 0.0547. The van der Waals surface area contributed by atoms with Crippen LogP contribution in [0.3, 0.4) is 0 Å². The minimum absolute atomic E-state index is 0.0615. The Balaban J connectivity index is 1.59. The van der Waals surface area contributed by atoms with E-state index < -0.39 is 11.9 Å². The third kappa shape index (κ3) is 3.63. The number of carbonyl (C=O) groups excluding carboxylic acids is 3. The number of imide groups is 1. The maximum absolute atomic E-state index is 12.9. The summed E-state index contributed by atoms with van der Waals surface area (Å²) in [6, 6.07) is 8.78. The summed E-state index contributed by atoms with van der Waals surface area (Å²) < 4.78 is 0.572. The first-order valence-corrected chi connectivity index (χ1v) is 10.5. The number of hydrogen-bond donors (Lipinski definition) is 2. The number of carbonyl (C=O) groups is 4. The SMILES string of the molecule is O=C(Nc1ccc(Br)cc1C(=O)O)c1ccc2c(c1)C(=O)N(C1CCCCC1)C2=O. The van der Waals surface area contributed by atoms with Gasteiger partial charge in [0.15, 0.2) is 0 Å². The van der Waals surface area contributed by atoms with Crippen molar-refractivity contribution >= 4 is 45.3 Å². The van der Waals surface area contributed by atoms with Gasteiger partial charge in [-0.15, -0.1) is 0 Å². The number of carboxylic acid groups (broad SMARTS) is 1. The molecule has 0 radical (unpaired) electrons. The molecule has 8 heteroatoms. The Morgan fingerprint density at radius 2 is 1.67 bits per heavy atom. The van der Waals surface area contributed by atoms with Crippen LogP contribution in [0, 0.1) is 0 Å². The first-order chi connectivity index (χ1) is 14.4. The van der Waals surface area contributed by atoms with Gasteiger partial charge in [0, 0.05) is 16.1 Å². The van der Waals surface area contributed by atoms with E-state index in [0.29, 0.717) is 10.0 Å². The van der Waals surface area contributed by atoms with Crippen molar-refractivity contribution in [2.45, 2.75) is 38.1 Å². The predicted octanol–water partition coefficient (Wildman–Crippen LogP) is 4.33. The van der Waals surface area contributed by atoms with Gasteiger partial charge >= 0.3 is 5.97 Å². The lowest BCUT2D eigenvalue weighted by Crippen LogP contribution is -2.40. The van der Waals surface area contributed by atoms with Crippen LogP contribution < -0.4 is 5.32 Å². The molecular formula is C22H19BrN2O5. The van der Waals surface area contributed by atoms with E-state index in [0.717, 1.165) is 32.1 Å². The summed E-state index contributed by atoms with van der Waals surface area (Å²) in [7, 11) is 0. The van der Waals surface area contributed by atoms with E-state index in [9.17, 15) is 24.3 Å². The van der Waals surface area contributed by atoms with E-state index in [-0.39, 0.29) is 40.2 Å². The Kier molecular flexibility index (Phi) is 5.42. The highest BCUT2D eigenvalue weighted by atomic mass is 79.9. The molecule has 154 valence electrons. The molecule has 0 bridgehead atoms. The fourth-order valence-corrected chi connectivity index (χ4v) is 4.43. The van der Waals surface area contributed by atoms with Crippen LogP contribution in [0.25, 0.3) is 0 Å². The largest absolute Gasteiger partial charge is 0.478 e. The number of benzene rings is 2. The molecule has 2 aromatic rings. The lowest BCUT2D eigenvalue weighted by Gasteiger charge is -2.29. The van der Waals surface area contributed by atoms with Gasteiger partial charge in [0.25, 0.3) is 17.7 Å². The second kappa shape index (κ2) is 8.02. The van der Waals surface area contributed by atoms with Crippen molar-refractivity contribution in [1.29, 1.82) is 0 Å². The first kappa shape index (κ1) is 20.3. The number of anilines is 1. The van der Waals surface area contributed by atoms with E-state index in [4.69, 9.17) is 0 Å². The Morgan fingerprint density at radius 3 is 2.37 bits per heavy atom. The third-order valence-corrected chi connectivity index (χ3v) is 6.07. The number of amides is 3. The van der Waals surface area contributed by atoms with Gasteiger partial charge < -0.3 is 10.4 Å². The molecule has 2 N–H and O–H groups in total. The van der Waals surface area contributed by atoms with Gasteiger partial charge in [-0.05, 0) is 49.2 Å². The molecule has 2 aliphatic rings. The third-order valence-electron chi connectivity index (χ3n) is 5.58. The number of hydrogen-bond acceptors (Lipinski definition) is 4. The molecule has 1 fully saturated rings. The zero-order chi connectivity index (χ0) is 21.4. The van der Waals surface area contributed by atoms with Crippen molar-refractivity contribution in [1.82, 2.24) is 4.90 Å². The minimum atomic E-state index is -1.18. The summed E-state index contributed by atoms with van der Waals surface area (Å²) in [5, 5.41) is 11.9. The second-order valence-electron chi connectivity index (χ2n) is 7.48. The maximum Gasteiger partial charge on any atom is 0.337 e. The van der Waals surface area contributed by atoms with Crippen molar-refractivity contribution in [3.63, 3.8) is 0 Å². The van der Waals surface area contributed by atoms with Crippen LogP contribution in [0.2, 0.25) is 0 Å². The van der Waals surface area contributed by atoms with E-state index in [1.54, 1.807) is 6.07 Å². The number of rotatable bonds is 4. The zero-order valence-corrected chi connectivity index (χ0v) is 17.6. The van der Waals surface area contributed by atoms with Crippen LogP contribution in [0.15, 0.2) is 40.9 Å². The van der Waals surface area contributed by atoms with E-state index >= 15 is 0 Å². The number of carboxylic acids is 1. The van der Waals surface area contributed by atoms with Gasteiger partial charge in [-0.2, -0.15) is 0 Å². The fourth-order valence-electron chi connectivity index (χ4n) is 4.07. The maximum atomic E-state index is 12.9. The van der Waals surface area contributed by atoms with Gasteiger partial charge in [0.05, 0.1) is 22.4 Å². The van der Waals surface area contributed by atoms with Crippen molar-refractivity contribution in [2.24, 2.45) is 0 Å². The summed E-state index contributed by atoms with van der Waals surface area (Å²) in [6.45, 7) is 0. The average Bonchev–Trinajstić information content (AvgIpc) is 2.99. The Morgan fingerprint density at radius 1 is 0.967 bits per heavy atom. The molecule has 0 atom stereocenters. The van der Waals surface area contributed by atoms with Gasteiger partial charge in [-0.3, -0.25) is 19.3 Å². The number of fused-ring (bicyclic) bond motifs is 1. The molecule has 1 aliphatic carbocycles. The van der Waals surface area contributed by atoms with Crippen molar-refractivity contribution < 1.29 is 24.3 Å². The van der Waals surface area contributed by atoms with Crippen LogP contribution in [0.1, 0.15) is 73.5 Å². The van der Waals surface area contributed by atoms with Gasteiger partial charge in [0.2, 0.25) is 0 Å². The molecular weight excluding hydrogens is 452 g/mol. The standard InChI is InChI=1S/C22H19BrN2O5/c23-13-7-9-18(17(11-13)22(29)30)24-19(26)12-6-8-15-16(10-12)21(28)25(20(15)27)14-4-2-1-3-5-14/h6-11,14H,1-5H2,(H,24,26)(H,29,30). The first-order valence-electron chi connectivity index (χ1n) is 9.73. The molecule has 3 amide bonds. The summed E-state index contributed by atoms with van der Waals surface area (Å²) in [4.78, 5) is 51.2. The normalized spacial score (nSPS) is 16.5. The van der Waals surface area contributed by atoms with E-state index in [1.165, 1.54) is 35.2 Å². The monoisotopic (exact) mass is 470 g/mol. The molecule has 0 saturated heterocycles. The van der Waals surface area contributed by atoms with E-state index in [1.807, 2.05) is 0 Å². The minimum Gasteiger partial charge on any atom is -0.478 e. The highest BCUT2D eigenvalue weighted by Crippen LogP contribution is 2.31. The predicted molar refractivity (Wildman–Crippen MR) is 113 cm³/mol. The topological polar surface area (TPSA) is 104 Å². The highest BCUT2D eigenvalue weighted by molar-refractivity contribution is 9.10. The van der Waals surface area contributed by atoms with Crippen LogP contribution in [-0.2, 0) is 0 Å². The van der Waals surface area contributed by atoms with Crippen LogP contribution in [0.5, 0.6) is 0 Å². The number of nitrogens with one attached hydrogen (secondary N) is 1. The molecule has 4 rings (SSSR count). The van der Waals surface area contributed by atoms with Crippen molar-refractivity contribution in [2.75, 3.05) is 5.32 Å². The van der Waals surface area contributed by atoms with Gasteiger partial charge in [-0.25, -0.2) is 4.79 Å². The van der Waals surface area contributed by atoms with Crippen LogP contribution >= 0.6 is 15.9 Å². The molecule has 0 unspecified atom stereocenters. The molecule has 1 aliphatic heterocycles. The van der Waals surface area contributed by atoms with Gasteiger partial charge in [0.1, 0.15) is 0 Å². The Bertz CT molecular complexity index is 1080. The summed E-state index contributed by atoms with van der Waals surface area (Å²) in [5.74, 6) is -2.41. The second-order valence-corrected chi connectivity index (χ2v) is 8.40. The smallest absolute Gasteiger partial charge is 0.337 e. The summed E-state index contributed by atoms with van der Waals surface area (Å²) >= 11 is 3.21. The molecule has 0 aromatic heterocycles. The van der Waals surface area contributed by atoms with E-state index in [2.05, 4.69) is 21.2 Å². The van der Waals surface area contributed by atoms with Crippen LogP contribution in [-0.4, -0.2) is 39.7 Å². The highest BCUT2D eigenvalue weighted by Gasteiger charge is 2.40. The summed E-state index contributed by atoms with van der Waals surface area (Å²) in [5.41, 5.74) is 0.778. The van der Waals surface area contributed by atoms with Gasteiger partial charge in [-0.1, -0.05) is 35.2 Å². The quantitative estimate of drug-likeness (QED) is 0.647. The molecule has 1 saturated carbocycles. The molecule has 7 nitrogen and oxygen atoms in total. The number of aromatic carboxylic acids is 1. The Hall–Kier alpha value is -3.00. The molecule has 2 aromatic carbocycles. The molecule has 1 heterocycles. The Labute approximate surface area is 181 Å². The number of halogens is 1. The molecule has 0 spiro atoms. The number of nitrogens with zero attached hydrogens (tertiary/aromatic N) is 1. The van der Waals surface area contributed by atoms with Crippen molar-refractivity contribution in [3.8, 4) is 0 Å². The van der Waals surface area contributed by atoms with Crippen molar-refractivity contribution in [3.05, 3.63) is 63.1 Å². The summed E-state index contributed by atoms with van der Waals surface area (Å²) in [6.07, 6.45) is 4.70. The average molecular weight is 471 g/mol.